The van der Waals surface area contributed by atoms with E-state index < -0.39 is 0 Å². The van der Waals surface area contributed by atoms with Crippen molar-refractivity contribution in [1.29, 1.82) is 0 Å². The van der Waals surface area contributed by atoms with Gasteiger partial charge in [-0.2, -0.15) is 0 Å². The van der Waals surface area contributed by atoms with Crippen LogP contribution in [0.3, 0.4) is 0 Å². The van der Waals surface area contributed by atoms with Crippen molar-refractivity contribution in [2.24, 2.45) is 17.4 Å². The van der Waals surface area contributed by atoms with E-state index in [1.807, 2.05) is 6.20 Å². The largest absolute Gasteiger partial charge is 0.403 e. The van der Waals surface area contributed by atoms with Crippen LogP contribution in [0.15, 0.2) is 42.4 Å². The summed E-state index contributed by atoms with van der Waals surface area (Å²) in [6, 6.07) is 8.89. The summed E-state index contributed by atoms with van der Waals surface area (Å²) in [5.74, 6) is 0.777. The van der Waals surface area contributed by atoms with E-state index in [-0.39, 0.29) is 18.3 Å². The van der Waals surface area contributed by atoms with E-state index in [0.717, 1.165) is 36.9 Å². The second kappa shape index (κ2) is 9.26. The number of carbonyl (C=O) groups is 1. The van der Waals surface area contributed by atoms with Crippen molar-refractivity contribution in [2.75, 3.05) is 18.5 Å². The number of nitrogens with one attached hydrogen (secondary N) is 1. The maximum atomic E-state index is 12.5. The Morgan fingerprint density at radius 2 is 1.97 bits per heavy atom. The molecule has 1 aromatic carbocycles. The second-order valence-electron chi connectivity index (χ2n) is 8.13. The molecule has 2 aliphatic rings. The smallest absolute Gasteiger partial charge is 0.223 e. The average Bonchev–Trinajstić information content (AvgIpc) is 3.18. The van der Waals surface area contributed by atoms with Crippen LogP contribution in [-0.2, 0) is 35.2 Å². The summed E-state index contributed by atoms with van der Waals surface area (Å²) < 4.78 is 5.46. The van der Waals surface area contributed by atoms with Crippen LogP contribution >= 0.6 is 0 Å². The first kappa shape index (κ1) is 20.3. The molecule has 0 saturated carbocycles. The van der Waals surface area contributed by atoms with Crippen LogP contribution in [0, 0.1) is 5.92 Å². The number of rotatable bonds is 8. The monoisotopic (exact) mass is 407 g/mol. The predicted molar refractivity (Wildman–Crippen MR) is 116 cm³/mol. The fourth-order valence-electron chi connectivity index (χ4n) is 4.26. The molecule has 0 saturated heterocycles. The molecule has 1 atom stereocenters. The first-order valence-corrected chi connectivity index (χ1v) is 10.6. The maximum Gasteiger partial charge on any atom is 0.223 e. The van der Waals surface area contributed by atoms with Crippen molar-refractivity contribution >= 4 is 11.7 Å². The molecule has 2 aliphatic carbocycles. The van der Waals surface area contributed by atoms with Crippen LogP contribution in [-0.4, -0.2) is 35.0 Å². The van der Waals surface area contributed by atoms with Gasteiger partial charge in [-0.3, -0.25) is 4.79 Å². The molecule has 30 heavy (non-hydrogen) atoms. The fourth-order valence-corrected chi connectivity index (χ4v) is 4.26. The first-order chi connectivity index (χ1) is 14.6. The van der Waals surface area contributed by atoms with Crippen LogP contribution in [0.25, 0.3) is 0 Å². The van der Waals surface area contributed by atoms with Gasteiger partial charge in [-0.1, -0.05) is 24.3 Å². The zero-order chi connectivity index (χ0) is 20.9. The highest BCUT2D eigenvalue weighted by molar-refractivity contribution is 5.82. The highest BCUT2D eigenvalue weighted by Crippen LogP contribution is 2.27. The molecule has 5 N–H and O–H groups in total. The number of carbonyl (C=O) groups excluding carboxylic acids is 1. The minimum Gasteiger partial charge on any atom is -0.403 e. The Kier molecular flexibility index (Phi) is 6.28. The predicted octanol–water partition coefficient (Wildman–Crippen LogP) is 1.90. The molecule has 158 valence electrons. The lowest BCUT2D eigenvalue weighted by molar-refractivity contribution is -0.127. The molecule has 7 nitrogen and oxygen atoms in total. The van der Waals surface area contributed by atoms with E-state index in [9.17, 15) is 4.79 Å². The summed E-state index contributed by atoms with van der Waals surface area (Å²) in [7, 11) is 0. The molecule has 1 unspecified atom stereocenters. The van der Waals surface area contributed by atoms with Gasteiger partial charge in [0.05, 0.1) is 6.61 Å². The Labute approximate surface area is 176 Å². The molecule has 0 aliphatic heterocycles. The standard InChI is InChI=1S/C23H29N5O2/c24-12-19(25)7-8-30-14-22(29)17-5-6-21-18(9-17)13-26-23(28-21)27-20-10-15-3-1-2-4-16(15)11-20/h1-4,12-13,17,20H,5-11,14,24-25H2,(H,26,27,28)/b19-12-. The number of aryl methyl sites for hydroxylation is 1. The number of hydrogen-bond acceptors (Lipinski definition) is 7. The van der Waals surface area contributed by atoms with Gasteiger partial charge in [0, 0.05) is 42.2 Å². The van der Waals surface area contributed by atoms with Gasteiger partial charge in [0.1, 0.15) is 6.61 Å². The molecular formula is C23H29N5O2. The van der Waals surface area contributed by atoms with Crippen LogP contribution < -0.4 is 16.8 Å². The Bertz CT molecular complexity index is 918. The number of fused-ring (bicyclic) bond motifs is 2. The summed E-state index contributed by atoms with van der Waals surface area (Å²) in [6.45, 7) is 0.512. The van der Waals surface area contributed by atoms with Gasteiger partial charge in [0.15, 0.2) is 5.78 Å². The lowest BCUT2D eigenvalue weighted by Crippen LogP contribution is -2.28. The number of ketones is 1. The molecule has 4 rings (SSSR count). The summed E-state index contributed by atoms with van der Waals surface area (Å²) in [5.41, 5.74) is 16.4. The number of nitrogens with two attached hydrogens (primary N) is 2. The van der Waals surface area contributed by atoms with Gasteiger partial charge in [0.25, 0.3) is 0 Å². The summed E-state index contributed by atoms with van der Waals surface area (Å²) in [4.78, 5) is 21.7. The third kappa shape index (κ3) is 4.79. The molecule has 0 radical (unpaired) electrons. The minimum absolute atomic E-state index is 0.0355. The topological polar surface area (TPSA) is 116 Å². The molecule has 0 spiro atoms. The van der Waals surface area contributed by atoms with Gasteiger partial charge >= 0.3 is 0 Å². The van der Waals surface area contributed by atoms with Crippen LogP contribution in [0.2, 0.25) is 0 Å². The molecule has 0 amide bonds. The van der Waals surface area contributed by atoms with E-state index in [1.165, 1.54) is 17.3 Å². The molecule has 1 heterocycles. The Hall–Kier alpha value is -2.93. The number of ether oxygens (including phenoxy) is 1. The lowest BCUT2D eigenvalue weighted by Gasteiger charge is -2.23. The highest BCUT2D eigenvalue weighted by Gasteiger charge is 2.27. The van der Waals surface area contributed by atoms with E-state index in [0.29, 0.717) is 37.1 Å². The molecular weight excluding hydrogens is 378 g/mol. The number of anilines is 1. The normalized spacial score (nSPS) is 18.7. The SMILES string of the molecule is N/C=C(\N)CCOCC(=O)C1CCc2nc(NC3Cc4ccccc4C3)ncc2C1. The van der Waals surface area contributed by atoms with E-state index in [2.05, 4.69) is 34.6 Å². The van der Waals surface area contributed by atoms with Crippen molar-refractivity contribution in [2.45, 2.75) is 44.6 Å². The number of aromatic nitrogens is 2. The Morgan fingerprint density at radius 1 is 1.20 bits per heavy atom. The third-order valence-corrected chi connectivity index (χ3v) is 5.98. The molecule has 7 heteroatoms. The van der Waals surface area contributed by atoms with Gasteiger partial charge in [-0.05, 0) is 48.8 Å². The van der Waals surface area contributed by atoms with Crippen molar-refractivity contribution in [3.8, 4) is 0 Å². The summed E-state index contributed by atoms with van der Waals surface area (Å²) >= 11 is 0. The number of Topliss-reactive ketones (excluding diaryl/α,β-unsaturated/α-hetero) is 1. The maximum absolute atomic E-state index is 12.5. The van der Waals surface area contributed by atoms with Crippen molar-refractivity contribution in [1.82, 2.24) is 9.97 Å². The fraction of sp³-hybridized carbons (Fsp3) is 0.435. The third-order valence-electron chi connectivity index (χ3n) is 5.98. The van der Waals surface area contributed by atoms with E-state index >= 15 is 0 Å². The van der Waals surface area contributed by atoms with Crippen molar-refractivity contribution in [3.63, 3.8) is 0 Å². The Morgan fingerprint density at radius 3 is 2.70 bits per heavy atom. The van der Waals surface area contributed by atoms with E-state index in [1.54, 1.807) is 0 Å². The molecule has 0 bridgehead atoms. The van der Waals surface area contributed by atoms with Gasteiger partial charge < -0.3 is 21.5 Å². The van der Waals surface area contributed by atoms with Gasteiger partial charge in [-0.25, -0.2) is 9.97 Å². The minimum atomic E-state index is -0.0355. The second-order valence-corrected chi connectivity index (χ2v) is 8.13. The van der Waals surface area contributed by atoms with Crippen LogP contribution in [0.4, 0.5) is 5.95 Å². The quantitative estimate of drug-likeness (QED) is 0.572. The number of hydrogen-bond donors (Lipinski definition) is 3. The molecule has 0 fully saturated rings. The molecule has 1 aromatic heterocycles. The number of nitrogens with zero attached hydrogens (tertiary/aromatic N) is 2. The molecule has 2 aromatic rings. The van der Waals surface area contributed by atoms with Crippen LogP contribution in [0.1, 0.15) is 35.2 Å². The Balaban J connectivity index is 1.29. The van der Waals surface area contributed by atoms with Gasteiger partial charge in [0.2, 0.25) is 5.95 Å². The van der Waals surface area contributed by atoms with Crippen LogP contribution in [0.5, 0.6) is 0 Å². The highest BCUT2D eigenvalue weighted by atomic mass is 16.5. The lowest BCUT2D eigenvalue weighted by atomic mass is 9.85. The van der Waals surface area contributed by atoms with E-state index in [4.69, 9.17) is 21.2 Å². The van der Waals surface area contributed by atoms with Crippen molar-refractivity contribution < 1.29 is 9.53 Å². The first-order valence-electron chi connectivity index (χ1n) is 10.6. The number of benzene rings is 1. The average molecular weight is 408 g/mol. The zero-order valence-corrected chi connectivity index (χ0v) is 17.1. The zero-order valence-electron chi connectivity index (χ0n) is 17.1. The summed E-state index contributed by atoms with van der Waals surface area (Å²) in [6.07, 6.45) is 8.03. The summed E-state index contributed by atoms with van der Waals surface area (Å²) in [5, 5.41) is 3.49. The van der Waals surface area contributed by atoms with Crippen molar-refractivity contribution in [3.05, 3.63) is 64.7 Å². The van der Waals surface area contributed by atoms with Gasteiger partial charge in [-0.15, -0.1) is 0 Å².